The standard InChI is InChI=1S/C31H32FN5O2.HI/c1-4-37(5-2)26-12-8-23-17-24(31(38)39-30(23)19-26)9-11-25-10-7-22-18-27(32)28(20-29(22)35(25)3)34-13-6-15-36-16-14-33-21-36;/h7-12,14,16-21H,4-6,13,15H2,1-3H3;1H/b11-9+;. The molecule has 0 saturated heterocycles. The summed E-state index contributed by atoms with van der Waals surface area (Å²) in [5.41, 5.74) is 3.90. The Balaban J connectivity index is 0.00000370. The number of halogens is 2. The molecule has 9 heteroatoms. The lowest BCUT2D eigenvalue weighted by Crippen LogP contribution is -3.00. The molecule has 5 aromatic rings. The highest BCUT2D eigenvalue weighted by atomic mass is 127. The molecule has 208 valence electrons. The Morgan fingerprint density at radius 3 is 2.62 bits per heavy atom. The van der Waals surface area contributed by atoms with E-state index in [-0.39, 0.29) is 35.4 Å². The molecular formula is C31H33FIN5O2. The van der Waals surface area contributed by atoms with E-state index in [4.69, 9.17) is 4.42 Å². The van der Waals surface area contributed by atoms with Crippen LogP contribution < -0.4 is 44.4 Å². The molecule has 0 spiro atoms. The average molecular weight is 654 g/mol. The molecule has 3 heterocycles. The van der Waals surface area contributed by atoms with E-state index >= 15 is 0 Å². The number of hydrogen-bond donors (Lipinski definition) is 1. The molecular weight excluding hydrogens is 620 g/mol. The normalized spacial score (nSPS) is 11.3. The second-order valence-corrected chi connectivity index (χ2v) is 9.51. The minimum Gasteiger partial charge on any atom is -1.00 e. The largest absolute Gasteiger partial charge is 1.00 e. The van der Waals surface area contributed by atoms with Gasteiger partial charge in [-0.15, -0.1) is 0 Å². The third-order valence-corrected chi connectivity index (χ3v) is 7.08. The van der Waals surface area contributed by atoms with Crippen molar-refractivity contribution in [1.82, 2.24) is 9.55 Å². The van der Waals surface area contributed by atoms with Crippen molar-refractivity contribution in [2.45, 2.75) is 26.8 Å². The summed E-state index contributed by atoms with van der Waals surface area (Å²) >= 11 is 0. The van der Waals surface area contributed by atoms with Crippen molar-refractivity contribution in [3.8, 4) is 0 Å². The maximum Gasteiger partial charge on any atom is 0.343 e. The Morgan fingerprint density at radius 1 is 1.07 bits per heavy atom. The molecule has 0 atom stereocenters. The number of benzene rings is 2. The van der Waals surface area contributed by atoms with Crippen LogP contribution in [0, 0.1) is 5.82 Å². The molecule has 40 heavy (non-hydrogen) atoms. The van der Waals surface area contributed by atoms with Gasteiger partial charge < -0.3 is 43.2 Å². The number of aromatic nitrogens is 3. The quantitative estimate of drug-likeness (QED) is 0.109. The summed E-state index contributed by atoms with van der Waals surface area (Å²) in [7, 11) is 1.93. The molecule has 3 aromatic heterocycles. The van der Waals surface area contributed by atoms with Gasteiger partial charge in [0.25, 0.3) is 0 Å². The van der Waals surface area contributed by atoms with E-state index in [2.05, 4.69) is 35.1 Å². The number of pyridine rings is 1. The van der Waals surface area contributed by atoms with E-state index in [0.717, 1.165) is 53.7 Å². The highest BCUT2D eigenvalue weighted by Gasteiger charge is 2.14. The van der Waals surface area contributed by atoms with Gasteiger partial charge in [-0.2, -0.15) is 4.57 Å². The molecule has 0 fully saturated rings. The number of fused-ring (bicyclic) bond motifs is 2. The molecule has 0 saturated carbocycles. The van der Waals surface area contributed by atoms with Crippen LogP contribution in [0.25, 0.3) is 34.0 Å². The van der Waals surface area contributed by atoms with Crippen molar-refractivity contribution in [1.29, 1.82) is 0 Å². The molecule has 0 unspecified atom stereocenters. The summed E-state index contributed by atoms with van der Waals surface area (Å²) in [5, 5.41) is 4.88. The van der Waals surface area contributed by atoms with Gasteiger partial charge in [-0.3, -0.25) is 0 Å². The van der Waals surface area contributed by atoms with E-state index in [1.54, 1.807) is 24.7 Å². The van der Waals surface area contributed by atoms with E-state index < -0.39 is 0 Å². The maximum atomic E-state index is 14.8. The second kappa shape index (κ2) is 13.1. The van der Waals surface area contributed by atoms with Gasteiger partial charge in [0.15, 0.2) is 0 Å². The molecule has 0 radical (unpaired) electrons. The van der Waals surface area contributed by atoms with Crippen LogP contribution in [-0.4, -0.2) is 29.2 Å². The molecule has 0 aliphatic carbocycles. The number of hydrogen-bond acceptors (Lipinski definition) is 5. The number of rotatable bonds is 10. The first-order chi connectivity index (χ1) is 19.0. The zero-order chi connectivity index (χ0) is 27.4. The topological polar surface area (TPSA) is 67.2 Å². The lowest BCUT2D eigenvalue weighted by atomic mass is 10.1. The molecule has 0 bridgehead atoms. The van der Waals surface area contributed by atoms with Crippen molar-refractivity contribution in [3.63, 3.8) is 0 Å². The summed E-state index contributed by atoms with van der Waals surface area (Å²) in [6.45, 7) is 7.41. The summed E-state index contributed by atoms with van der Waals surface area (Å²) in [6, 6.07) is 15.0. The van der Waals surface area contributed by atoms with Crippen molar-refractivity contribution in [2.24, 2.45) is 7.05 Å². The lowest BCUT2D eigenvalue weighted by molar-refractivity contribution is -0.646. The van der Waals surface area contributed by atoms with E-state index in [1.165, 1.54) is 0 Å². The highest BCUT2D eigenvalue weighted by Crippen LogP contribution is 2.24. The first kappa shape index (κ1) is 29.3. The number of nitrogens with zero attached hydrogens (tertiary/aromatic N) is 4. The van der Waals surface area contributed by atoms with Crippen LogP contribution in [0.15, 0.2) is 76.5 Å². The smallest absolute Gasteiger partial charge is 0.343 e. The molecule has 5 rings (SSSR count). The summed E-state index contributed by atoms with van der Waals surface area (Å²) in [6.07, 6.45) is 9.92. The van der Waals surface area contributed by atoms with Crippen LogP contribution >= 0.6 is 0 Å². The van der Waals surface area contributed by atoms with Crippen LogP contribution in [0.3, 0.4) is 0 Å². The van der Waals surface area contributed by atoms with Gasteiger partial charge in [0, 0.05) is 79.3 Å². The zero-order valence-corrected chi connectivity index (χ0v) is 25.1. The van der Waals surface area contributed by atoms with Gasteiger partial charge in [-0.05, 0) is 56.7 Å². The van der Waals surface area contributed by atoms with Crippen LogP contribution in [0.4, 0.5) is 15.8 Å². The molecule has 1 N–H and O–H groups in total. The van der Waals surface area contributed by atoms with E-state index in [0.29, 0.717) is 23.4 Å². The van der Waals surface area contributed by atoms with Gasteiger partial charge in [-0.25, -0.2) is 14.2 Å². The molecule has 0 aliphatic rings. The fourth-order valence-electron chi connectivity index (χ4n) is 4.83. The Hall–Kier alpha value is -3.73. The van der Waals surface area contributed by atoms with Crippen molar-refractivity contribution in [2.75, 3.05) is 29.9 Å². The van der Waals surface area contributed by atoms with E-state index in [9.17, 15) is 9.18 Å². The van der Waals surface area contributed by atoms with E-state index in [1.807, 2.05) is 64.9 Å². The Morgan fingerprint density at radius 2 is 1.88 bits per heavy atom. The Bertz CT molecular complexity index is 1690. The fourth-order valence-corrected chi connectivity index (χ4v) is 4.83. The number of nitrogens with one attached hydrogen (secondary N) is 1. The second-order valence-electron chi connectivity index (χ2n) is 9.51. The predicted molar refractivity (Wildman–Crippen MR) is 155 cm³/mol. The zero-order valence-electron chi connectivity index (χ0n) is 22.9. The minimum absolute atomic E-state index is 0. The number of aryl methyl sites for hydroxylation is 2. The first-order valence-electron chi connectivity index (χ1n) is 13.3. The van der Waals surface area contributed by atoms with Crippen LogP contribution in [0.1, 0.15) is 31.5 Å². The summed E-state index contributed by atoms with van der Waals surface area (Å²) in [4.78, 5) is 19.0. The fraction of sp³-hybridized carbons (Fsp3) is 0.258. The van der Waals surface area contributed by atoms with Crippen LogP contribution in [-0.2, 0) is 13.6 Å². The van der Waals surface area contributed by atoms with Gasteiger partial charge in [-0.1, -0.05) is 0 Å². The molecule has 2 aromatic carbocycles. The van der Waals surface area contributed by atoms with Gasteiger partial charge in [0.05, 0.1) is 17.6 Å². The van der Waals surface area contributed by atoms with Crippen LogP contribution in [0.2, 0.25) is 0 Å². The summed E-state index contributed by atoms with van der Waals surface area (Å²) < 4.78 is 24.4. The third-order valence-electron chi connectivity index (χ3n) is 7.08. The Kier molecular flexibility index (Phi) is 9.57. The minimum atomic E-state index is -0.386. The molecule has 0 amide bonds. The molecule has 0 aliphatic heterocycles. The Labute approximate surface area is 250 Å². The average Bonchev–Trinajstić information content (AvgIpc) is 3.46. The van der Waals surface area contributed by atoms with Gasteiger partial charge in [0.1, 0.15) is 18.4 Å². The predicted octanol–water partition coefficient (Wildman–Crippen LogP) is 2.63. The molecule has 7 nitrogen and oxygen atoms in total. The first-order valence-corrected chi connectivity index (χ1v) is 13.3. The summed E-state index contributed by atoms with van der Waals surface area (Å²) in [5.74, 6) is -0.286. The lowest BCUT2D eigenvalue weighted by Gasteiger charge is -2.20. The van der Waals surface area contributed by atoms with Crippen molar-refractivity contribution in [3.05, 3.63) is 94.7 Å². The van der Waals surface area contributed by atoms with Crippen molar-refractivity contribution >= 4 is 45.4 Å². The highest BCUT2D eigenvalue weighted by molar-refractivity contribution is 5.84. The SMILES string of the molecule is CCN(CC)c1ccc2cc(/C=C/c3ccc4cc(F)c(NCCCn5ccnc5)cc4[n+]3C)c(=O)oc2c1.[I-]. The maximum absolute atomic E-state index is 14.8. The van der Waals surface area contributed by atoms with Crippen LogP contribution in [0.5, 0.6) is 0 Å². The number of imidazole rings is 1. The monoisotopic (exact) mass is 653 g/mol. The third kappa shape index (κ3) is 6.35. The van der Waals surface area contributed by atoms with Crippen molar-refractivity contribution < 1.29 is 37.4 Å². The van der Waals surface area contributed by atoms with Gasteiger partial charge in [0.2, 0.25) is 11.2 Å². The van der Waals surface area contributed by atoms with Gasteiger partial charge >= 0.3 is 5.63 Å². The number of anilines is 2.